The molecule has 0 amide bonds. The third-order valence-corrected chi connectivity index (χ3v) is 4.06. The van der Waals surface area contributed by atoms with Crippen molar-refractivity contribution in [3.63, 3.8) is 0 Å². The molecule has 1 aromatic rings. The molecule has 106 valence electrons. The zero-order valence-electron chi connectivity index (χ0n) is 9.55. The number of aromatic amines is 1. The van der Waals surface area contributed by atoms with Crippen molar-refractivity contribution in [2.75, 3.05) is 11.1 Å². The van der Waals surface area contributed by atoms with Crippen LogP contribution in [0.15, 0.2) is 21.9 Å². The lowest BCUT2D eigenvalue weighted by atomic mass is 10.0. The van der Waals surface area contributed by atoms with Crippen molar-refractivity contribution in [3.05, 3.63) is 33.1 Å². The smallest absolute Gasteiger partial charge is 0.330 e. The maximum Gasteiger partial charge on any atom is 0.330 e. The summed E-state index contributed by atoms with van der Waals surface area (Å²) in [6, 6.07) is 1.04. The maximum absolute atomic E-state index is 14.2. The highest BCUT2D eigenvalue weighted by molar-refractivity contribution is 14.1. The molecule has 1 fully saturated rings. The predicted octanol–water partition coefficient (Wildman–Crippen LogP) is 0.113. The van der Waals surface area contributed by atoms with Crippen LogP contribution in [0.2, 0.25) is 0 Å². The van der Waals surface area contributed by atoms with Gasteiger partial charge in [-0.1, -0.05) is 22.6 Å². The van der Waals surface area contributed by atoms with Gasteiger partial charge in [0.2, 0.25) is 5.85 Å². The Kier molecular flexibility index (Phi) is 4.06. The maximum atomic E-state index is 14.2. The lowest BCUT2D eigenvalue weighted by Crippen LogP contribution is -2.39. The predicted molar refractivity (Wildman–Crippen MR) is 69.6 cm³/mol. The first-order chi connectivity index (χ1) is 8.92. The van der Waals surface area contributed by atoms with Crippen LogP contribution in [0.1, 0.15) is 6.23 Å². The van der Waals surface area contributed by atoms with Gasteiger partial charge in [-0.05, 0) is 0 Å². The van der Waals surface area contributed by atoms with Gasteiger partial charge in [0.15, 0.2) is 0 Å². The summed E-state index contributed by atoms with van der Waals surface area (Å²) in [5, 5.41) is 9.75. The van der Waals surface area contributed by atoms with Crippen LogP contribution >= 0.6 is 22.6 Å². The van der Waals surface area contributed by atoms with Crippen LogP contribution in [-0.2, 0) is 4.74 Å². The van der Waals surface area contributed by atoms with E-state index in [1.165, 1.54) is 0 Å². The topological polar surface area (TPSA) is 84.3 Å². The lowest BCUT2D eigenvalue weighted by Gasteiger charge is -2.20. The van der Waals surface area contributed by atoms with Gasteiger partial charge in [0.1, 0.15) is 12.3 Å². The number of halogens is 3. The second kappa shape index (κ2) is 5.29. The minimum absolute atomic E-state index is 0.211. The second-order valence-electron chi connectivity index (χ2n) is 4.21. The third-order valence-electron chi connectivity index (χ3n) is 3.02. The minimum Gasteiger partial charge on any atom is -0.387 e. The first kappa shape index (κ1) is 14.6. The molecule has 0 aromatic carbocycles. The van der Waals surface area contributed by atoms with Gasteiger partial charge in [-0.15, -0.1) is 0 Å². The molecule has 2 heterocycles. The summed E-state index contributed by atoms with van der Waals surface area (Å²) in [4.78, 5) is 24.5. The van der Waals surface area contributed by atoms with Crippen molar-refractivity contribution in [2.24, 2.45) is 5.92 Å². The van der Waals surface area contributed by atoms with Crippen molar-refractivity contribution in [3.8, 4) is 0 Å². The largest absolute Gasteiger partial charge is 0.387 e. The van der Waals surface area contributed by atoms with Gasteiger partial charge in [0, 0.05) is 12.3 Å². The van der Waals surface area contributed by atoms with Crippen LogP contribution in [-0.4, -0.2) is 37.7 Å². The van der Waals surface area contributed by atoms with E-state index in [1.807, 2.05) is 4.98 Å². The number of aliphatic hydroxyl groups is 1. The van der Waals surface area contributed by atoms with Gasteiger partial charge in [0.25, 0.3) is 5.56 Å². The van der Waals surface area contributed by atoms with Crippen LogP contribution in [0, 0.1) is 5.92 Å². The van der Waals surface area contributed by atoms with E-state index < -0.39 is 42.0 Å². The second-order valence-corrected chi connectivity index (χ2v) is 4.97. The lowest BCUT2D eigenvalue weighted by molar-refractivity contribution is -0.169. The first-order valence-corrected chi connectivity index (χ1v) is 6.93. The highest BCUT2D eigenvalue weighted by atomic mass is 127. The van der Waals surface area contributed by atoms with Crippen molar-refractivity contribution >= 4 is 22.6 Å². The quantitative estimate of drug-likeness (QED) is 0.569. The van der Waals surface area contributed by atoms with Crippen molar-refractivity contribution in [1.82, 2.24) is 9.55 Å². The molecule has 19 heavy (non-hydrogen) atoms. The molecular formula is C10H11F2IN2O4. The monoisotopic (exact) mass is 388 g/mol. The van der Waals surface area contributed by atoms with E-state index in [0.717, 1.165) is 16.8 Å². The Morgan fingerprint density at radius 2 is 2.26 bits per heavy atom. The summed E-state index contributed by atoms with van der Waals surface area (Å²) in [5.41, 5.74) is -1.47. The number of nitrogens with one attached hydrogen (secondary N) is 1. The number of hydrogen-bond acceptors (Lipinski definition) is 4. The number of ether oxygens (including phenoxy) is 1. The number of H-pyrrole nitrogens is 1. The average molecular weight is 388 g/mol. The van der Waals surface area contributed by atoms with E-state index in [2.05, 4.69) is 0 Å². The number of alkyl halides is 3. The van der Waals surface area contributed by atoms with Gasteiger partial charge in [-0.3, -0.25) is 18.7 Å². The van der Waals surface area contributed by atoms with Crippen LogP contribution < -0.4 is 11.2 Å². The Morgan fingerprint density at radius 1 is 1.58 bits per heavy atom. The molecular weight excluding hydrogens is 377 g/mol. The van der Waals surface area contributed by atoms with Gasteiger partial charge >= 0.3 is 5.69 Å². The fourth-order valence-electron chi connectivity index (χ4n) is 2.00. The SMILES string of the molecule is O=c1ccn([C@@H]2O[C@](F)(CI)[C@@H](O)[C@@H]2CF)c(=O)[nH]1. The summed E-state index contributed by atoms with van der Waals surface area (Å²) in [6.07, 6.45) is -1.90. The van der Waals surface area contributed by atoms with Crippen molar-refractivity contribution in [2.45, 2.75) is 18.2 Å². The highest BCUT2D eigenvalue weighted by Crippen LogP contribution is 2.43. The molecule has 1 aliphatic heterocycles. The number of nitrogens with zero attached hydrogens (tertiary/aromatic N) is 1. The highest BCUT2D eigenvalue weighted by Gasteiger charge is 2.55. The fourth-order valence-corrected chi connectivity index (χ4v) is 2.63. The Morgan fingerprint density at radius 3 is 2.79 bits per heavy atom. The Bertz CT molecular complexity index is 577. The molecule has 1 aliphatic rings. The molecule has 0 bridgehead atoms. The number of aliphatic hydroxyl groups excluding tert-OH is 1. The van der Waals surface area contributed by atoms with E-state index in [4.69, 9.17) is 4.74 Å². The van der Waals surface area contributed by atoms with Crippen molar-refractivity contribution < 1.29 is 18.6 Å². The molecule has 0 aliphatic carbocycles. The zero-order chi connectivity index (χ0) is 14.2. The van der Waals surface area contributed by atoms with Gasteiger partial charge in [0.05, 0.1) is 17.0 Å². The van der Waals surface area contributed by atoms with E-state index >= 15 is 0 Å². The van der Waals surface area contributed by atoms with Crippen LogP contribution in [0.5, 0.6) is 0 Å². The van der Waals surface area contributed by atoms with E-state index in [-0.39, 0.29) is 4.43 Å². The zero-order valence-corrected chi connectivity index (χ0v) is 11.7. The van der Waals surface area contributed by atoms with Gasteiger partial charge in [-0.2, -0.15) is 0 Å². The molecule has 0 spiro atoms. The van der Waals surface area contributed by atoms with Crippen LogP contribution in [0.3, 0.4) is 0 Å². The Labute approximate surface area is 119 Å². The standard InChI is InChI=1S/C10H11F2IN2O4/c11-3-5-7(17)10(12,4-13)19-8(5)15-2-1-6(16)14-9(15)18/h1-2,5,7-8,17H,3-4H2,(H,14,16,18)/t5-,7-,8+,10+/m0/s1. The fraction of sp³-hybridized carbons (Fsp3) is 0.600. The van der Waals surface area contributed by atoms with Gasteiger partial charge in [-0.25, -0.2) is 9.18 Å². The third kappa shape index (κ3) is 2.46. The Balaban J connectivity index is 2.44. The number of rotatable bonds is 3. The first-order valence-electron chi connectivity index (χ1n) is 5.41. The summed E-state index contributed by atoms with van der Waals surface area (Å²) in [7, 11) is 0. The normalized spacial score (nSPS) is 34.6. The summed E-state index contributed by atoms with van der Waals surface area (Å²) in [5.74, 6) is -3.64. The molecule has 2 rings (SSSR count). The van der Waals surface area contributed by atoms with Crippen LogP contribution in [0.25, 0.3) is 0 Å². The summed E-state index contributed by atoms with van der Waals surface area (Å²) < 4.78 is 32.8. The average Bonchev–Trinajstić information content (AvgIpc) is 2.62. The van der Waals surface area contributed by atoms with E-state index in [9.17, 15) is 23.5 Å². The number of aromatic nitrogens is 2. The van der Waals surface area contributed by atoms with E-state index in [0.29, 0.717) is 0 Å². The number of hydrogen-bond donors (Lipinski definition) is 2. The molecule has 4 atom stereocenters. The summed E-state index contributed by atoms with van der Waals surface area (Å²) in [6.45, 7) is -1.06. The molecule has 0 unspecified atom stereocenters. The molecule has 1 saturated heterocycles. The van der Waals surface area contributed by atoms with E-state index in [1.54, 1.807) is 22.6 Å². The summed E-state index contributed by atoms with van der Waals surface area (Å²) >= 11 is 1.66. The molecule has 1 aromatic heterocycles. The molecule has 9 heteroatoms. The van der Waals surface area contributed by atoms with Gasteiger partial charge < -0.3 is 9.84 Å². The van der Waals surface area contributed by atoms with Crippen molar-refractivity contribution in [1.29, 1.82) is 0 Å². The Hall–Kier alpha value is -0.810. The molecule has 2 N–H and O–H groups in total. The van der Waals surface area contributed by atoms with Crippen LogP contribution in [0.4, 0.5) is 8.78 Å². The minimum atomic E-state index is -2.42. The molecule has 6 nitrogen and oxygen atoms in total. The molecule has 0 radical (unpaired) electrons. The molecule has 0 saturated carbocycles.